The van der Waals surface area contributed by atoms with Crippen LogP contribution < -0.4 is 0 Å². The first-order valence-corrected chi connectivity index (χ1v) is 12.1. The van der Waals surface area contributed by atoms with Crippen LogP contribution in [0.25, 0.3) is 17.0 Å². The molecular formula is C27H24N2O3S. The summed E-state index contributed by atoms with van der Waals surface area (Å²) in [5.74, 6) is 0. The van der Waals surface area contributed by atoms with Crippen LogP contribution in [-0.2, 0) is 21.4 Å². The standard InChI is InChI=1S/C27H24N2O3S/c1-21-10-13-25(14-11-21)33(30,31)29-19-24(26-17-23(18-28)12-15-27(26)29)9-5-6-16-32-20-22-7-3-2-4-8-22/h2-5,7-15,17,19H,6,16,20H2,1H3. The Bertz CT molecular complexity index is 1430. The number of nitriles is 1. The summed E-state index contributed by atoms with van der Waals surface area (Å²) in [4.78, 5) is 0.221. The minimum atomic E-state index is -3.78. The molecule has 6 heteroatoms. The van der Waals surface area contributed by atoms with E-state index in [1.807, 2.05) is 49.4 Å². The minimum Gasteiger partial charge on any atom is -0.376 e. The first kappa shape index (κ1) is 22.5. The molecule has 0 atom stereocenters. The van der Waals surface area contributed by atoms with Gasteiger partial charge < -0.3 is 4.74 Å². The third-order valence-corrected chi connectivity index (χ3v) is 7.03. The molecule has 33 heavy (non-hydrogen) atoms. The Morgan fingerprint density at radius 3 is 2.52 bits per heavy atom. The van der Waals surface area contributed by atoms with Crippen LogP contribution in [0.15, 0.2) is 90.0 Å². The maximum atomic E-state index is 13.3. The van der Waals surface area contributed by atoms with Crippen molar-refractivity contribution in [1.29, 1.82) is 5.26 Å². The van der Waals surface area contributed by atoms with Crippen molar-refractivity contribution in [3.8, 4) is 6.07 Å². The van der Waals surface area contributed by atoms with Gasteiger partial charge in [0, 0.05) is 17.1 Å². The van der Waals surface area contributed by atoms with E-state index in [1.165, 1.54) is 3.97 Å². The molecule has 0 bridgehead atoms. The molecule has 4 rings (SSSR count). The second kappa shape index (κ2) is 9.86. The normalized spacial score (nSPS) is 11.8. The molecule has 0 saturated carbocycles. The van der Waals surface area contributed by atoms with E-state index in [0.29, 0.717) is 36.1 Å². The fourth-order valence-electron chi connectivity index (χ4n) is 3.58. The fourth-order valence-corrected chi connectivity index (χ4v) is 4.95. The van der Waals surface area contributed by atoms with Gasteiger partial charge in [0.1, 0.15) is 0 Å². The van der Waals surface area contributed by atoms with E-state index in [0.717, 1.165) is 16.7 Å². The van der Waals surface area contributed by atoms with Crippen LogP contribution in [0.2, 0.25) is 0 Å². The largest absolute Gasteiger partial charge is 0.376 e. The molecule has 0 radical (unpaired) electrons. The monoisotopic (exact) mass is 456 g/mol. The van der Waals surface area contributed by atoms with E-state index in [4.69, 9.17) is 4.74 Å². The molecule has 0 N–H and O–H groups in total. The van der Waals surface area contributed by atoms with E-state index in [-0.39, 0.29) is 4.90 Å². The van der Waals surface area contributed by atoms with Gasteiger partial charge in [-0.25, -0.2) is 12.4 Å². The van der Waals surface area contributed by atoms with Crippen LogP contribution >= 0.6 is 0 Å². The van der Waals surface area contributed by atoms with Crippen LogP contribution in [0, 0.1) is 18.3 Å². The minimum absolute atomic E-state index is 0.221. The van der Waals surface area contributed by atoms with Crippen molar-refractivity contribution >= 4 is 27.0 Å². The van der Waals surface area contributed by atoms with Crippen LogP contribution in [0.4, 0.5) is 0 Å². The molecule has 0 aliphatic rings. The Morgan fingerprint density at radius 2 is 1.79 bits per heavy atom. The van der Waals surface area contributed by atoms with E-state index in [1.54, 1.807) is 48.7 Å². The molecule has 0 saturated heterocycles. The lowest BCUT2D eigenvalue weighted by atomic mass is 10.1. The van der Waals surface area contributed by atoms with Crippen LogP contribution in [-0.4, -0.2) is 19.0 Å². The summed E-state index contributed by atoms with van der Waals surface area (Å²) in [6.45, 7) is 3.01. The lowest BCUT2D eigenvalue weighted by Gasteiger charge is -2.08. The quantitative estimate of drug-likeness (QED) is 0.320. The highest BCUT2D eigenvalue weighted by Crippen LogP contribution is 2.28. The lowest BCUT2D eigenvalue weighted by Crippen LogP contribution is -2.11. The Hall–Kier alpha value is -3.66. The summed E-state index contributed by atoms with van der Waals surface area (Å²) in [6.07, 6.45) is 6.14. The maximum Gasteiger partial charge on any atom is 0.268 e. The molecule has 0 spiro atoms. The Balaban J connectivity index is 1.58. The Morgan fingerprint density at radius 1 is 1.03 bits per heavy atom. The summed E-state index contributed by atoms with van der Waals surface area (Å²) < 4.78 is 33.7. The molecular weight excluding hydrogens is 432 g/mol. The lowest BCUT2D eigenvalue weighted by molar-refractivity contribution is 0.125. The molecule has 3 aromatic carbocycles. The fraction of sp³-hybridized carbons (Fsp3) is 0.148. The highest BCUT2D eigenvalue weighted by atomic mass is 32.2. The maximum absolute atomic E-state index is 13.3. The molecule has 5 nitrogen and oxygen atoms in total. The number of aryl methyl sites for hydroxylation is 1. The average Bonchev–Trinajstić information content (AvgIpc) is 3.21. The Kier molecular flexibility index (Phi) is 6.74. The van der Waals surface area contributed by atoms with Gasteiger partial charge >= 0.3 is 0 Å². The second-order valence-corrected chi connectivity index (χ2v) is 9.59. The molecule has 0 aliphatic carbocycles. The van der Waals surface area contributed by atoms with Crippen molar-refractivity contribution in [2.75, 3.05) is 6.61 Å². The number of aromatic nitrogens is 1. The molecule has 166 valence electrons. The van der Waals surface area contributed by atoms with E-state index in [9.17, 15) is 13.7 Å². The van der Waals surface area contributed by atoms with Crippen molar-refractivity contribution in [2.45, 2.75) is 24.8 Å². The number of hydrogen-bond acceptors (Lipinski definition) is 4. The topological polar surface area (TPSA) is 72.1 Å². The molecule has 0 unspecified atom stereocenters. The predicted octanol–water partition coefficient (Wildman–Crippen LogP) is 5.68. The summed E-state index contributed by atoms with van der Waals surface area (Å²) in [6, 6.07) is 23.9. The molecule has 0 fully saturated rings. The number of benzene rings is 3. The molecule has 0 amide bonds. The van der Waals surface area contributed by atoms with Crippen LogP contribution in [0.3, 0.4) is 0 Å². The Labute approximate surface area is 194 Å². The van der Waals surface area contributed by atoms with Crippen molar-refractivity contribution in [3.63, 3.8) is 0 Å². The third kappa shape index (κ3) is 5.06. The number of fused-ring (bicyclic) bond motifs is 1. The van der Waals surface area contributed by atoms with Gasteiger partial charge in [0.15, 0.2) is 0 Å². The van der Waals surface area contributed by atoms with Gasteiger partial charge in [-0.2, -0.15) is 5.26 Å². The van der Waals surface area contributed by atoms with Gasteiger partial charge in [-0.1, -0.05) is 60.2 Å². The van der Waals surface area contributed by atoms with Gasteiger partial charge in [-0.15, -0.1) is 0 Å². The molecule has 0 aliphatic heterocycles. The number of rotatable bonds is 8. The van der Waals surface area contributed by atoms with Crippen molar-refractivity contribution in [2.24, 2.45) is 0 Å². The molecule has 1 heterocycles. The molecule has 1 aromatic heterocycles. The number of ether oxygens (including phenoxy) is 1. The highest BCUT2D eigenvalue weighted by Gasteiger charge is 2.20. The molecule has 4 aromatic rings. The average molecular weight is 457 g/mol. The SMILES string of the molecule is Cc1ccc(S(=O)(=O)n2cc(C=CCCOCc3ccccc3)c3cc(C#N)ccc32)cc1. The zero-order chi connectivity index (χ0) is 23.3. The zero-order valence-corrected chi connectivity index (χ0v) is 19.1. The predicted molar refractivity (Wildman–Crippen MR) is 130 cm³/mol. The zero-order valence-electron chi connectivity index (χ0n) is 18.3. The second-order valence-electron chi connectivity index (χ2n) is 7.77. The number of nitrogens with zero attached hydrogens (tertiary/aromatic N) is 2. The summed E-state index contributed by atoms with van der Waals surface area (Å²) in [5, 5.41) is 10.0. The number of hydrogen-bond donors (Lipinski definition) is 0. The van der Waals surface area contributed by atoms with Gasteiger partial charge in [-0.3, -0.25) is 0 Å². The first-order chi connectivity index (χ1) is 16.0. The van der Waals surface area contributed by atoms with Crippen LogP contribution in [0.1, 0.15) is 28.7 Å². The van der Waals surface area contributed by atoms with Gasteiger partial charge in [-0.05, 0) is 49.2 Å². The summed E-state index contributed by atoms with van der Waals surface area (Å²) in [5.41, 5.74) is 3.86. The van der Waals surface area contributed by atoms with Crippen molar-refractivity contribution in [3.05, 3.63) is 107 Å². The van der Waals surface area contributed by atoms with Crippen molar-refractivity contribution < 1.29 is 13.2 Å². The van der Waals surface area contributed by atoms with Gasteiger partial charge in [0.25, 0.3) is 10.0 Å². The van der Waals surface area contributed by atoms with E-state index < -0.39 is 10.0 Å². The third-order valence-electron chi connectivity index (χ3n) is 5.35. The van der Waals surface area contributed by atoms with Crippen LogP contribution in [0.5, 0.6) is 0 Å². The van der Waals surface area contributed by atoms with Crippen molar-refractivity contribution in [1.82, 2.24) is 3.97 Å². The first-order valence-electron chi connectivity index (χ1n) is 10.6. The van der Waals surface area contributed by atoms with Gasteiger partial charge in [0.2, 0.25) is 0 Å². The summed E-state index contributed by atoms with van der Waals surface area (Å²) >= 11 is 0. The smallest absolute Gasteiger partial charge is 0.268 e. The van der Waals surface area contributed by atoms with E-state index >= 15 is 0 Å². The van der Waals surface area contributed by atoms with E-state index in [2.05, 4.69) is 6.07 Å². The highest BCUT2D eigenvalue weighted by molar-refractivity contribution is 7.90. The van der Waals surface area contributed by atoms with Gasteiger partial charge in [0.05, 0.1) is 35.3 Å². The summed E-state index contributed by atoms with van der Waals surface area (Å²) in [7, 11) is -3.78.